The third kappa shape index (κ3) is 20.8. The Labute approximate surface area is 406 Å². The highest BCUT2D eigenvalue weighted by molar-refractivity contribution is 6.00. The van der Waals surface area contributed by atoms with Crippen LogP contribution in [0.5, 0.6) is 0 Å². The van der Waals surface area contributed by atoms with Crippen molar-refractivity contribution in [2.75, 3.05) is 70.8 Å². The number of likely N-dealkylation sites (tertiary alicyclic amines) is 1. The summed E-state index contributed by atoms with van der Waals surface area (Å²) in [6, 6.07) is 21.0. The molecule has 1 saturated heterocycles. The second-order valence-corrected chi connectivity index (χ2v) is 17.2. The summed E-state index contributed by atoms with van der Waals surface area (Å²) in [6.45, 7) is 5.27. The molecule has 0 aliphatic carbocycles. The molecule has 1 fully saturated rings. The first kappa shape index (κ1) is 55.2. The van der Waals surface area contributed by atoms with E-state index in [0.717, 1.165) is 30.4 Å². The maximum absolute atomic E-state index is 13.8. The Morgan fingerprint density at radius 1 is 0.739 bits per heavy atom. The van der Waals surface area contributed by atoms with Crippen molar-refractivity contribution < 1.29 is 48.1 Å². The number of rotatable bonds is 31. The number of benzene rings is 3. The molecule has 0 radical (unpaired) electrons. The van der Waals surface area contributed by atoms with Gasteiger partial charge in [-0.2, -0.15) is 0 Å². The smallest absolute Gasteiger partial charge is 0.326 e. The number of para-hydroxylation sites is 1. The Morgan fingerprint density at radius 2 is 1.43 bits per heavy atom. The summed E-state index contributed by atoms with van der Waals surface area (Å²) in [5.74, 6) is -2.58. The largest absolute Gasteiger partial charge is 0.480 e. The van der Waals surface area contributed by atoms with E-state index >= 15 is 0 Å². The van der Waals surface area contributed by atoms with Gasteiger partial charge in [0.25, 0.3) is 0 Å². The van der Waals surface area contributed by atoms with Crippen LogP contribution in [0, 0.1) is 6.92 Å². The minimum atomic E-state index is -1.24. The number of likely N-dealkylation sites (N-methyl/N-ethyl adjacent to an activating group) is 1. The summed E-state index contributed by atoms with van der Waals surface area (Å²) < 4.78 is 10.2. The lowest BCUT2D eigenvalue weighted by Gasteiger charge is -2.28. The molecule has 3 atom stereocenters. The number of hydrogen-bond acceptors (Lipinski definition) is 10. The predicted molar refractivity (Wildman–Crippen MR) is 263 cm³/mol. The standard InChI is InChI=1S/C51H72N8O10/c1-37-15-9-10-18-41(37)57-51(67)55-40-24-22-38(23-25-40)35-47(62)58(2)43(19-11-13-29-52-45(60)21-8-5-12-28-53-46(61)27-32-69-34-33-68-3)48(63)54-30-26-42(50(65)66)56-49(64)44-20-14-31-59(44)36-39-16-6-4-7-17-39/h4,6-7,9-10,15-18,22-25,42-44H,5,8,11-14,19-21,26-36H2,1-3H3,(H,52,60)(H,53,61)(H,54,63)(H,56,64)(H,65,66)(H2,55,57,67)/t42-,43-,44-/m0/s1. The number of anilines is 2. The van der Waals surface area contributed by atoms with Gasteiger partial charge in [0, 0.05) is 64.6 Å². The maximum Gasteiger partial charge on any atom is 0.326 e. The Hall–Kier alpha value is -6.37. The topological polar surface area (TPSA) is 237 Å². The van der Waals surface area contributed by atoms with Gasteiger partial charge in [0.1, 0.15) is 12.1 Å². The minimum Gasteiger partial charge on any atom is -0.480 e. The lowest BCUT2D eigenvalue weighted by Crippen LogP contribution is -2.51. The molecular weight excluding hydrogens is 885 g/mol. The van der Waals surface area contributed by atoms with Crippen molar-refractivity contribution in [3.05, 3.63) is 95.6 Å². The van der Waals surface area contributed by atoms with E-state index in [2.05, 4.69) is 31.9 Å². The molecule has 1 heterocycles. The first-order valence-electron chi connectivity index (χ1n) is 24.0. The van der Waals surface area contributed by atoms with Crippen LogP contribution in [0.1, 0.15) is 87.3 Å². The number of urea groups is 1. The zero-order chi connectivity index (χ0) is 49.8. The molecule has 18 nitrogen and oxygen atoms in total. The van der Waals surface area contributed by atoms with E-state index in [1.54, 1.807) is 44.5 Å². The number of nitrogens with zero attached hydrogens (tertiary/aromatic N) is 2. The number of carbonyl (C=O) groups is 7. The van der Waals surface area contributed by atoms with Crippen LogP contribution >= 0.6 is 0 Å². The molecule has 3 aromatic rings. The van der Waals surface area contributed by atoms with Crippen molar-refractivity contribution in [1.29, 1.82) is 0 Å². The fourth-order valence-electron chi connectivity index (χ4n) is 7.88. The third-order valence-corrected chi connectivity index (χ3v) is 11.9. The number of ether oxygens (including phenoxy) is 2. The van der Waals surface area contributed by atoms with E-state index in [-0.39, 0.29) is 55.9 Å². The average molecular weight is 957 g/mol. The molecule has 376 valence electrons. The van der Waals surface area contributed by atoms with Crippen LogP contribution in [0.15, 0.2) is 78.9 Å². The van der Waals surface area contributed by atoms with Gasteiger partial charge < -0.3 is 51.4 Å². The number of nitrogens with one attached hydrogen (secondary N) is 6. The van der Waals surface area contributed by atoms with E-state index in [9.17, 15) is 38.7 Å². The third-order valence-electron chi connectivity index (χ3n) is 11.9. The highest BCUT2D eigenvalue weighted by Crippen LogP contribution is 2.21. The van der Waals surface area contributed by atoms with Crippen molar-refractivity contribution in [2.24, 2.45) is 0 Å². The molecule has 7 N–H and O–H groups in total. The number of aryl methyl sites for hydroxylation is 1. The quantitative estimate of drug-likeness (QED) is 0.0434. The Bertz CT molecular complexity index is 2090. The lowest BCUT2D eigenvalue weighted by atomic mass is 10.0. The lowest BCUT2D eigenvalue weighted by molar-refractivity contribution is -0.143. The SMILES string of the molecule is COCCOCCC(=O)NCCCCCC(=O)NCCCC[C@@H](C(=O)NCC[C@H](NC(=O)[C@@H]1CCCN1Cc1ccccc1)C(=O)O)N(C)C(=O)Cc1ccc(NC(=O)Nc2ccccc2C)cc1. The van der Waals surface area contributed by atoms with Gasteiger partial charge in [0.15, 0.2) is 0 Å². The predicted octanol–water partition coefficient (Wildman–Crippen LogP) is 4.77. The van der Waals surface area contributed by atoms with Crippen LogP contribution in [0.3, 0.4) is 0 Å². The zero-order valence-electron chi connectivity index (χ0n) is 40.4. The van der Waals surface area contributed by atoms with Gasteiger partial charge >= 0.3 is 12.0 Å². The molecule has 4 rings (SSSR count). The second-order valence-electron chi connectivity index (χ2n) is 17.2. The number of methoxy groups -OCH3 is 1. The van der Waals surface area contributed by atoms with Crippen molar-refractivity contribution in [3.63, 3.8) is 0 Å². The van der Waals surface area contributed by atoms with Gasteiger partial charge in [0.05, 0.1) is 32.3 Å². The molecule has 1 aliphatic heterocycles. The van der Waals surface area contributed by atoms with E-state index < -0.39 is 36.0 Å². The molecule has 18 heteroatoms. The number of hydrogen-bond donors (Lipinski definition) is 7. The van der Waals surface area contributed by atoms with Crippen LogP contribution in [-0.2, 0) is 51.2 Å². The summed E-state index contributed by atoms with van der Waals surface area (Å²) in [4.78, 5) is 93.8. The summed E-state index contributed by atoms with van der Waals surface area (Å²) in [5.41, 5.74) is 3.84. The zero-order valence-corrected chi connectivity index (χ0v) is 40.4. The molecule has 0 spiro atoms. The number of carboxylic acids is 1. The first-order valence-corrected chi connectivity index (χ1v) is 24.0. The van der Waals surface area contributed by atoms with E-state index in [4.69, 9.17) is 9.47 Å². The summed E-state index contributed by atoms with van der Waals surface area (Å²) in [5, 5.41) is 26.9. The normalized spacial score (nSPS) is 14.2. The minimum absolute atomic E-state index is 0.0295. The molecule has 0 unspecified atom stereocenters. The van der Waals surface area contributed by atoms with Gasteiger partial charge in [-0.15, -0.1) is 0 Å². The van der Waals surface area contributed by atoms with Crippen molar-refractivity contribution in [3.8, 4) is 0 Å². The number of amides is 7. The fraction of sp³-hybridized carbons (Fsp3) is 0.510. The van der Waals surface area contributed by atoms with Crippen LogP contribution in [-0.4, -0.2) is 135 Å². The summed E-state index contributed by atoms with van der Waals surface area (Å²) >= 11 is 0. The first-order chi connectivity index (χ1) is 33.3. The van der Waals surface area contributed by atoms with Crippen molar-refractivity contribution >= 4 is 52.9 Å². The van der Waals surface area contributed by atoms with Crippen LogP contribution in [0.25, 0.3) is 0 Å². The molecule has 0 saturated carbocycles. The second kappa shape index (κ2) is 30.9. The van der Waals surface area contributed by atoms with Gasteiger partial charge in [-0.05, 0) is 99.7 Å². The molecule has 0 bridgehead atoms. The van der Waals surface area contributed by atoms with Gasteiger partial charge in [0.2, 0.25) is 29.5 Å². The summed E-state index contributed by atoms with van der Waals surface area (Å²) in [7, 11) is 3.14. The molecule has 0 aromatic heterocycles. The maximum atomic E-state index is 13.8. The van der Waals surface area contributed by atoms with Gasteiger partial charge in [-0.3, -0.25) is 28.9 Å². The average Bonchev–Trinajstić information content (AvgIpc) is 3.80. The van der Waals surface area contributed by atoms with Crippen LogP contribution < -0.4 is 31.9 Å². The number of aliphatic carboxylic acids is 1. The molecule has 7 amide bonds. The number of carboxylic acid groups (broad SMARTS) is 1. The Morgan fingerprint density at radius 3 is 2.14 bits per heavy atom. The number of unbranched alkanes of at least 4 members (excludes halogenated alkanes) is 3. The van der Waals surface area contributed by atoms with E-state index in [0.29, 0.717) is 95.0 Å². The van der Waals surface area contributed by atoms with Crippen molar-refractivity contribution in [1.82, 2.24) is 31.1 Å². The summed E-state index contributed by atoms with van der Waals surface area (Å²) in [6.07, 6.45) is 5.42. The van der Waals surface area contributed by atoms with E-state index in [1.165, 1.54) is 4.90 Å². The van der Waals surface area contributed by atoms with Crippen molar-refractivity contribution in [2.45, 2.75) is 109 Å². The molecule has 3 aromatic carbocycles. The van der Waals surface area contributed by atoms with Crippen LogP contribution in [0.4, 0.5) is 16.2 Å². The highest BCUT2D eigenvalue weighted by Gasteiger charge is 2.33. The van der Waals surface area contributed by atoms with Crippen LogP contribution in [0.2, 0.25) is 0 Å². The fourth-order valence-corrected chi connectivity index (χ4v) is 7.88. The Balaban J connectivity index is 1.26. The number of carbonyl (C=O) groups excluding carboxylic acids is 6. The van der Waals surface area contributed by atoms with E-state index in [1.807, 2.05) is 60.4 Å². The molecular formula is C51H72N8O10. The molecule has 1 aliphatic rings. The molecule has 69 heavy (non-hydrogen) atoms. The Kier molecular flexibility index (Phi) is 24.7. The van der Waals surface area contributed by atoms with Gasteiger partial charge in [-0.25, -0.2) is 9.59 Å². The van der Waals surface area contributed by atoms with Gasteiger partial charge in [-0.1, -0.05) is 67.1 Å². The monoisotopic (exact) mass is 957 g/mol. The highest BCUT2D eigenvalue weighted by atomic mass is 16.5.